The maximum Gasteiger partial charge on any atom is 0.174 e. The lowest BCUT2D eigenvalue weighted by atomic mass is 9.91. The van der Waals surface area contributed by atoms with Gasteiger partial charge in [-0.2, -0.15) is 0 Å². The first-order valence-electron chi connectivity index (χ1n) is 5.88. The minimum absolute atomic E-state index is 0.0637. The van der Waals surface area contributed by atoms with Crippen molar-refractivity contribution in [3.8, 4) is 0 Å². The molecule has 2 aromatic rings. The zero-order valence-electron chi connectivity index (χ0n) is 10.1. The van der Waals surface area contributed by atoms with E-state index in [9.17, 15) is 4.79 Å². The van der Waals surface area contributed by atoms with Crippen molar-refractivity contribution in [1.82, 2.24) is 0 Å². The van der Waals surface area contributed by atoms with Crippen LogP contribution < -0.4 is 5.73 Å². The van der Waals surface area contributed by atoms with Gasteiger partial charge in [0.2, 0.25) is 0 Å². The third-order valence-corrected chi connectivity index (χ3v) is 3.94. The van der Waals surface area contributed by atoms with Crippen LogP contribution in [-0.2, 0) is 0 Å². The van der Waals surface area contributed by atoms with Gasteiger partial charge in [-0.05, 0) is 33.6 Å². The molecule has 2 aromatic carbocycles. The van der Waals surface area contributed by atoms with Crippen molar-refractivity contribution < 1.29 is 4.79 Å². The predicted octanol–water partition coefficient (Wildman–Crippen LogP) is 4.03. The van der Waals surface area contributed by atoms with E-state index in [0.717, 1.165) is 5.56 Å². The third-order valence-electron chi connectivity index (χ3n) is 2.96. The lowest BCUT2D eigenvalue weighted by molar-refractivity contribution is 0.0962. The summed E-state index contributed by atoms with van der Waals surface area (Å²) in [6.07, 6.45) is 0. The maximum absolute atomic E-state index is 12.6. The normalized spacial score (nSPS) is 12.2. The first-order valence-corrected chi connectivity index (χ1v) is 7.05. The second-order valence-corrected chi connectivity index (χ2v) is 5.42. The van der Waals surface area contributed by atoms with E-state index in [2.05, 4.69) is 15.9 Å². The second-order valence-electron chi connectivity index (χ2n) is 4.16. The van der Waals surface area contributed by atoms with Crippen LogP contribution in [0.3, 0.4) is 0 Å². The quantitative estimate of drug-likeness (QED) is 0.855. The highest BCUT2D eigenvalue weighted by Crippen LogP contribution is 2.30. The van der Waals surface area contributed by atoms with Crippen molar-refractivity contribution >= 4 is 33.3 Å². The molecule has 2 rings (SSSR count). The summed E-state index contributed by atoms with van der Waals surface area (Å²) < 4.78 is 0.694. The fourth-order valence-electron chi connectivity index (χ4n) is 1.99. The molecular formula is C15H13BrClNO. The molecule has 0 aliphatic rings. The second kappa shape index (κ2) is 6.33. The Morgan fingerprint density at radius 2 is 1.84 bits per heavy atom. The molecule has 0 aliphatic heterocycles. The largest absolute Gasteiger partial charge is 0.329 e. The van der Waals surface area contributed by atoms with Crippen LogP contribution in [0.4, 0.5) is 0 Å². The third kappa shape index (κ3) is 3.06. The Balaban J connectivity index is 2.42. The summed E-state index contributed by atoms with van der Waals surface area (Å²) in [5, 5.41) is 0.439. The molecule has 0 amide bonds. The molecule has 4 heteroatoms. The minimum Gasteiger partial charge on any atom is -0.329 e. The Labute approximate surface area is 125 Å². The SMILES string of the molecule is NCC(C(=O)c1c(Cl)cccc1Br)c1ccccc1. The zero-order chi connectivity index (χ0) is 13.8. The minimum atomic E-state index is -0.377. The van der Waals surface area contributed by atoms with E-state index in [1.54, 1.807) is 18.2 Å². The molecule has 0 aromatic heterocycles. The van der Waals surface area contributed by atoms with Gasteiger partial charge in [-0.3, -0.25) is 4.79 Å². The molecule has 0 radical (unpaired) electrons. The highest BCUT2D eigenvalue weighted by atomic mass is 79.9. The summed E-state index contributed by atoms with van der Waals surface area (Å²) in [5.41, 5.74) is 7.16. The van der Waals surface area contributed by atoms with Crippen molar-refractivity contribution in [2.45, 2.75) is 5.92 Å². The van der Waals surface area contributed by atoms with Gasteiger partial charge in [0, 0.05) is 11.0 Å². The van der Waals surface area contributed by atoms with E-state index in [1.165, 1.54) is 0 Å². The number of carbonyl (C=O) groups is 1. The highest BCUT2D eigenvalue weighted by Gasteiger charge is 2.24. The lowest BCUT2D eigenvalue weighted by Gasteiger charge is -2.16. The van der Waals surface area contributed by atoms with Crippen molar-refractivity contribution in [1.29, 1.82) is 0 Å². The lowest BCUT2D eigenvalue weighted by Crippen LogP contribution is -2.22. The summed E-state index contributed by atoms with van der Waals surface area (Å²) in [5.74, 6) is -0.441. The molecular weight excluding hydrogens is 326 g/mol. The molecule has 0 aliphatic carbocycles. The molecule has 0 bridgehead atoms. The monoisotopic (exact) mass is 337 g/mol. The van der Waals surface area contributed by atoms with E-state index in [4.69, 9.17) is 17.3 Å². The van der Waals surface area contributed by atoms with Gasteiger partial charge in [-0.1, -0.05) is 48.0 Å². The molecule has 0 fully saturated rings. The number of ketones is 1. The molecule has 1 unspecified atom stereocenters. The molecule has 1 atom stereocenters. The van der Waals surface area contributed by atoms with E-state index in [0.29, 0.717) is 15.1 Å². The molecule has 0 heterocycles. The van der Waals surface area contributed by atoms with Crippen LogP contribution in [0.5, 0.6) is 0 Å². The molecule has 0 spiro atoms. The van der Waals surface area contributed by atoms with E-state index in [1.807, 2.05) is 30.3 Å². The zero-order valence-corrected chi connectivity index (χ0v) is 12.5. The molecule has 0 saturated heterocycles. The number of benzene rings is 2. The summed E-state index contributed by atoms with van der Waals surface area (Å²) in [6, 6.07) is 14.8. The highest BCUT2D eigenvalue weighted by molar-refractivity contribution is 9.10. The Bertz CT molecular complexity index is 566. The van der Waals surface area contributed by atoms with Crippen molar-refractivity contribution in [3.05, 3.63) is 69.2 Å². The topological polar surface area (TPSA) is 43.1 Å². The van der Waals surface area contributed by atoms with Gasteiger partial charge >= 0.3 is 0 Å². The average Bonchev–Trinajstić information content (AvgIpc) is 2.40. The number of hydrogen-bond donors (Lipinski definition) is 1. The molecule has 0 saturated carbocycles. The fourth-order valence-corrected chi connectivity index (χ4v) is 2.93. The molecule has 98 valence electrons. The van der Waals surface area contributed by atoms with Gasteiger partial charge in [0.25, 0.3) is 0 Å². The summed E-state index contributed by atoms with van der Waals surface area (Å²) in [4.78, 5) is 12.6. The van der Waals surface area contributed by atoms with Crippen molar-refractivity contribution in [3.63, 3.8) is 0 Å². The van der Waals surface area contributed by atoms with Gasteiger partial charge in [0.1, 0.15) is 0 Å². The average molecular weight is 339 g/mol. The van der Waals surface area contributed by atoms with Crippen molar-refractivity contribution in [2.75, 3.05) is 6.54 Å². The van der Waals surface area contributed by atoms with E-state index < -0.39 is 0 Å². The summed E-state index contributed by atoms with van der Waals surface area (Å²) in [7, 11) is 0. The van der Waals surface area contributed by atoms with Crippen LogP contribution >= 0.6 is 27.5 Å². The van der Waals surface area contributed by atoms with Gasteiger partial charge in [0.05, 0.1) is 16.5 Å². The van der Waals surface area contributed by atoms with Crippen molar-refractivity contribution in [2.24, 2.45) is 5.73 Å². The van der Waals surface area contributed by atoms with Gasteiger partial charge in [0.15, 0.2) is 5.78 Å². The van der Waals surface area contributed by atoms with E-state index >= 15 is 0 Å². The van der Waals surface area contributed by atoms with Crippen LogP contribution in [0.1, 0.15) is 21.8 Å². The van der Waals surface area contributed by atoms with Gasteiger partial charge < -0.3 is 5.73 Å². The van der Waals surface area contributed by atoms with Crippen LogP contribution in [0.2, 0.25) is 5.02 Å². The number of halogens is 2. The number of nitrogens with two attached hydrogens (primary N) is 1. The van der Waals surface area contributed by atoms with E-state index in [-0.39, 0.29) is 18.2 Å². The smallest absolute Gasteiger partial charge is 0.174 e. The first kappa shape index (κ1) is 14.3. The number of carbonyl (C=O) groups excluding carboxylic acids is 1. The van der Waals surface area contributed by atoms with Crippen LogP contribution in [0.15, 0.2) is 53.0 Å². The molecule has 2 N–H and O–H groups in total. The van der Waals surface area contributed by atoms with Crippen LogP contribution in [0.25, 0.3) is 0 Å². The summed E-state index contributed by atoms with van der Waals surface area (Å²) in [6.45, 7) is 0.251. The number of Topliss-reactive ketones (excluding diaryl/α,β-unsaturated/α-hetero) is 1. The summed E-state index contributed by atoms with van der Waals surface area (Å²) >= 11 is 9.49. The molecule has 19 heavy (non-hydrogen) atoms. The van der Waals surface area contributed by atoms with Crippen LogP contribution in [0, 0.1) is 0 Å². The van der Waals surface area contributed by atoms with Gasteiger partial charge in [-0.15, -0.1) is 0 Å². The Kier molecular flexibility index (Phi) is 4.75. The number of hydrogen-bond acceptors (Lipinski definition) is 2. The van der Waals surface area contributed by atoms with Gasteiger partial charge in [-0.25, -0.2) is 0 Å². The predicted molar refractivity (Wildman–Crippen MR) is 81.7 cm³/mol. The maximum atomic E-state index is 12.6. The first-order chi connectivity index (χ1) is 9.15. The Morgan fingerprint density at radius 3 is 2.42 bits per heavy atom. The fraction of sp³-hybridized carbons (Fsp3) is 0.133. The molecule has 2 nitrogen and oxygen atoms in total. The Hall–Kier alpha value is -1.16. The van der Waals surface area contributed by atoms with Crippen LogP contribution in [-0.4, -0.2) is 12.3 Å². The Morgan fingerprint density at radius 1 is 1.16 bits per heavy atom. The standard InChI is InChI=1S/C15H13BrClNO/c16-12-7-4-8-13(17)14(12)15(19)11(9-18)10-5-2-1-3-6-10/h1-8,11H,9,18H2. The number of rotatable bonds is 4.